The van der Waals surface area contributed by atoms with Gasteiger partial charge >= 0.3 is 6.09 Å². The zero-order chi connectivity index (χ0) is 24.7. The van der Waals surface area contributed by atoms with Crippen molar-refractivity contribution in [3.63, 3.8) is 0 Å². The van der Waals surface area contributed by atoms with Crippen molar-refractivity contribution < 1.29 is 26.7 Å². The topological polar surface area (TPSA) is 93.5 Å². The van der Waals surface area contributed by atoms with E-state index in [-0.39, 0.29) is 4.90 Å². The number of ether oxygens (including phenoxy) is 1. The Hall–Kier alpha value is -3.18. The van der Waals surface area contributed by atoms with Crippen LogP contribution in [-0.4, -0.2) is 43.3 Å². The Bertz CT molecular complexity index is 1210. The number of benzene rings is 2. The minimum Gasteiger partial charge on any atom is -0.447 e. The van der Waals surface area contributed by atoms with Gasteiger partial charge in [-0.1, -0.05) is 11.6 Å². The predicted octanol–water partition coefficient (Wildman–Crippen LogP) is 4.22. The molecule has 1 unspecified atom stereocenters. The van der Waals surface area contributed by atoms with Crippen molar-refractivity contribution in [2.75, 3.05) is 17.5 Å². The molecule has 3 rings (SSSR count). The molecule has 2 aromatic carbocycles. The van der Waals surface area contributed by atoms with Crippen LogP contribution in [0.1, 0.15) is 13.3 Å². The molecule has 0 saturated carbocycles. The van der Waals surface area contributed by atoms with Gasteiger partial charge in [0.25, 0.3) is 10.0 Å². The average molecular weight is 513 g/mol. The summed E-state index contributed by atoms with van der Waals surface area (Å²) in [7, 11) is -4.36. The number of hydrogen-bond donors (Lipinski definition) is 1. The van der Waals surface area contributed by atoms with Crippen LogP contribution in [0.4, 0.5) is 19.3 Å². The quantitative estimate of drug-likeness (QED) is 0.411. The summed E-state index contributed by atoms with van der Waals surface area (Å²) >= 11 is 5.85. The molecule has 182 valence electrons. The third kappa shape index (κ3) is 6.45. The van der Waals surface area contributed by atoms with Gasteiger partial charge in [0.15, 0.2) is 0 Å². The number of aryl methyl sites for hydroxylation is 1. The van der Waals surface area contributed by atoms with Crippen molar-refractivity contribution in [3.05, 3.63) is 77.8 Å². The number of carbonyl (C=O) groups is 1. The summed E-state index contributed by atoms with van der Waals surface area (Å²) in [6.45, 7) is 1.97. The number of nitrogens with one attached hydrogen (secondary N) is 1. The number of alkyl carbamates (subject to hydrolysis) is 1. The summed E-state index contributed by atoms with van der Waals surface area (Å²) in [5.74, 6) is -1.77. The Morgan fingerprint density at radius 2 is 1.97 bits per heavy atom. The van der Waals surface area contributed by atoms with E-state index in [0.717, 1.165) is 18.2 Å². The second kappa shape index (κ2) is 11.3. The minimum absolute atomic E-state index is 0.184. The lowest BCUT2D eigenvalue weighted by atomic mass is 10.2. The first-order chi connectivity index (χ1) is 16.2. The van der Waals surface area contributed by atoms with Gasteiger partial charge in [0, 0.05) is 36.6 Å². The highest BCUT2D eigenvalue weighted by atomic mass is 35.5. The number of hydrogen-bond acceptors (Lipinski definition) is 5. The van der Waals surface area contributed by atoms with Gasteiger partial charge in [-0.3, -0.25) is 4.31 Å². The molecular weight excluding hydrogens is 490 g/mol. The van der Waals surface area contributed by atoms with Crippen LogP contribution in [0, 0.1) is 11.6 Å². The second-order valence-electron chi connectivity index (χ2n) is 7.38. The summed E-state index contributed by atoms with van der Waals surface area (Å²) in [6.07, 6.45) is 4.95. The molecule has 0 aliphatic carbocycles. The zero-order valence-electron chi connectivity index (χ0n) is 18.2. The smallest absolute Gasteiger partial charge is 0.407 e. The summed E-state index contributed by atoms with van der Waals surface area (Å²) in [5, 5.41) is 2.87. The first kappa shape index (κ1) is 25.4. The minimum atomic E-state index is -4.36. The van der Waals surface area contributed by atoms with Gasteiger partial charge in [-0.25, -0.2) is 27.0 Å². The van der Waals surface area contributed by atoms with Crippen LogP contribution in [0.5, 0.6) is 0 Å². The number of amides is 1. The fourth-order valence-corrected chi connectivity index (χ4v) is 4.93. The molecule has 1 aromatic heterocycles. The van der Waals surface area contributed by atoms with Crippen LogP contribution in [0.3, 0.4) is 0 Å². The molecule has 1 N–H and O–H groups in total. The number of carbonyl (C=O) groups excluding carboxylic acids is 1. The van der Waals surface area contributed by atoms with Gasteiger partial charge in [-0.05, 0) is 49.7 Å². The third-order valence-electron chi connectivity index (χ3n) is 4.79. The van der Waals surface area contributed by atoms with E-state index in [9.17, 15) is 22.0 Å². The zero-order valence-corrected chi connectivity index (χ0v) is 19.8. The van der Waals surface area contributed by atoms with Gasteiger partial charge in [-0.2, -0.15) is 0 Å². The van der Waals surface area contributed by atoms with E-state index in [1.165, 1.54) is 31.2 Å². The molecule has 8 nitrogen and oxygen atoms in total. The van der Waals surface area contributed by atoms with E-state index < -0.39 is 46.1 Å². The molecule has 0 radical (unpaired) electrons. The van der Waals surface area contributed by atoms with E-state index in [0.29, 0.717) is 28.8 Å². The molecule has 3 aromatic rings. The van der Waals surface area contributed by atoms with Gasteiger partial charge in [-0.15, -0.1) is 0 Å². The Kier molecular flexibility index (Phi) is 8.46. The molecule has 1 amide bonds. The van der Waals surface area contributed by atoms with Crippen molar-refractivity contribution in [2.24, 2.45) is 0 Å². The third-order valence-corrected chi connectivity index (χ3v) is 6.99. The number of halogens is 3. The van der Waals surface area contributed by atoms with Crippen LogP contribution >= 0.6 is 11.6 Å². The first-order valence-corrected chi connectivity index (χ1v) is 12.1. The normalized spacial score (nSPS) is 12.2. The molecular formula is C22H23ClF2N4O4S. The van der Waals surface area contributed by atoms with Crippen molar-refractivity contribution in [1.29, 1.82) is 0 Å². The molecule has 12 heteroatoms. The van der Waals surface area contributed by atoms with Crippen LogP contribution in [0.2, 0.25) is 5.02 Å². The summed E-state index contributed by atoms with van der Waals surface area (Å²) in [6, 6.07) is 6.66. The number of rotatable bonds is 10. The SMILES string of the molecule is CC(COC(=O)NCCCn1ccnc1)N(c1cc(F)ccc1F)S(=O)(=O)c1ccc(Cl)cc1. The van der Waals surface area contributed by atoms with E-state index >= 15 is 0 Å². The molecule has 0 aliphatic heterocycles. The fourth-order valence-electron chi connectivity index (χ4n) is 3.16. The molecule has 0 bridgehead atoms. The lowest BCUT2D eigenvalue weighted by molar-refractivity contribution is 0.141. The van der Waals surface area contributed by atoms with Gasteiger partial charge in [0.05, 0.1) is 23.0 Å². The molecule has 0 saturated heterocycles. The largest absolute Gasteiger partial charge is 0.447 e. The number of sulfonamides is 1. The van der Waals surface area contributed by atoms with Crippen molar-refractivity contribution in [1.82, 2.24) is 14.9 Å². The lowest BCUT2D eigenvalue weighted by Crippen LogP contribution is -2.43. The monoisotopic (exact) mass is 512 g/mol. The maximum atomic E-state index is 14.6. The molecule has 0 spiro atoms. The highest BCUT2D eigenvalue weighted by Crippen LogP contribution is 2.30. The summed E-state index contributed by atoms with van der Waals surface area (Å²) in [5.41, 5.74) is -0.508. The van der Waals surface area contributed by atoms with Gasteiger partial charge < -0.3 is 14.6 Å². The van der Waals surface area contributed by atoms with Gasteiger partial charge in [0.2, 0.25) is 0 Å². The fraction of sp³-hybridized carbons (Fsp3) is 0.273. The molecule has 0 aliphatic rings. The summed E-state index contributed by atoms with van der Waals surface area (Å²) in [4.78, 5) is 15.8. The summed E-state index contributed by atoms with van der Waals surface area (Å²) < 4.78 is 62.9. The maximum absolute atomic E-state index is 14.6. The number of imidazole rings is 1. The Morgan fingerprint density at radius 3 is 2.65 bits per heavy atom. The van der Waals surface area contributed by atoms with Crippen LogP contribution < -0.4 is 9.62 Å². The second-order valence-corrected chi connectivity index (χ2v) is 9.63. The Balaban J connectivity index is 1.72. The van der Waals surface area contributed by atoms with Crippen molar-refractivity contribution in [2.45, 2.75) is 30.8 Å². The van der Waals surface area contributed by atoms with Gasteiger partial charge in [0.1, 0.15) is 18.2 Å². The first-order valence-electron chi connectivity index (χ1n) is 10.3. The highest BCUT2D eigenvalue weighted by molar-refractivity contribution is 7.92. The standard InChI is InChI=1S/C22H23ClF2N4O4S/c1-16(14-33-22(30)27-9-2-11-28-12-10-26-15-28)29(21-13-18(24)5-8-20(21)25)34(31,32)19-6-3-17(23)4-7-19/h3-8,10,12-13,15-16H,2,9,11,14H2,1H3,(H,27,30). The Labute approximate surface area is 201 Å². The predicted molar refractivity (Wildman–Crippen MR) is 123 cm³/mol. The molecule has 0 fully saturated rings. The van der Waals surface area contributed by atoms with E-state index in [1.54, 1.807) is 18.7 Å². The van der Waals surface area contributed by atoms with E-state index in [4.69, 9.17) is 16.3 Å². The number of nitrogens with zero attached hydrogens (tertiary/aromatic N) is 3. The maximum Gasteiger partial charge on any atom is 0.407 e. The average Bonchev–Trinajstić information content (AvgIpc) is 3.31. The van der Waals surface area contributed by atoms with Crippen molar-refractivity contribution in [3.8, 4) is 0 Å². The molecule has 34 heavy (non-hydrogen) atoms. The Morgan fingerprint density at radius 1 is 1.24 bits per heavy atom. The van der Waals surface area contributed by atoms with Crippen LogP contribution in [0.25, 0.3) is 0 Å². The number of anilines is 1. The lowest BCUT2D eigenvalue weighted by Gasteiger charge is -2.30. The van der Waals surface area contributed by atoms with E-state index in [1.807, 2.05) is 4.57 Å². The van der Waals surface area contributed by atoms with Crippen molar-refractivity contribution >= 4 is 33.4 Å². The number of aromatic nitrogens is 2. The van der Waals surface area contributed by atoms with E-state index in [2.05, 4.69) is 10.3 Å². The molecule has 1 heterocycles. The van der Waals surface area contributed by atoms with Crippen LogP contribution in [0.15, 0.2) is 66.1 Å². The van der Waals surface area contributed by atoms with Crippen LogP contribution in [-0.2, 0) is 21.3 Å². The highest BCUT2D eigenvalue weighted by Gasteiger charge is 2.32. The molecule has 1 atom stereocenters.